The second-order valence-electron chi connectivity index (χ2n) is 4.37. The summed E-state index contributed by atoms with van der Waals surface area (Å²) in [6.07, 6.45) is 3.68. The van der Waals surface area contributed by atoms with Crippen molar-refractivity contribution in [1.82, 2.24) is 10.4 Å². The zero-order valence-electron chi connectivity index (χ0n) is 10.4. The Bertz CT molecular complexity index is 554. The summed E-state index contributed by atoms with van der Waals surface area (Å²) in [6, 6.07) is 8.18. The fourth-order valence-electron chi connectivity index (χ4n) is 1.99. The molecule has 0 radical (unpaired) electrons. The van der Waals surface area contributed by atoms with Crippen LogP contribution < -0.4 is 11.3 Å². The highest BCUT2D eigenvalue weighted by Gasteiger charge is 2.16. The Kier molecular flexibility index (Phi) is 4.11. The molecule has 0 saturated carbocycles. The number of hydrazine groups is 1. The topological polar surface area (TPSA) is 50.9 Å². The van der Waals surface area contributed by atoms with Crippen LogP contribution in [0.1, 0.15) is 28.3 Å². The van der Waals surface area contributed by atoms with Gasteiger partial charge in [0.05, 0.1) is 6.04 Å². The van der Waals surface area contributed by atoms with Gasteiger partial charge in [0, 0.05) is 16.9 Å². The van der Waals surface area contributed by atoms with Crippen molar-refractivity contribution in [2.24, 2.45) is 5.84 Å². The third-order valence-corrected chi connectivity index (χ3v) is 4.01. The van der Waals surface area contributed by atoms with Crippen LogP contribution in [-0.4, -0.2) is 4.98 Å². The molecule has 4 heteroatoms. The number of rotatable bonds is 3. The lowest BCUT2D eigenvalue weighted by Crippen LogP contribution is -2.29. The molecule has 1 atom stereocenters. The van der Waals surface area contributed by atoms with Gasteiger partial charge in [0.15, 0.2) is 0 Å². The molecule has 3 nitrogen and oxygen atoms in total. The highest BCUT2D eigenvalue weighted by molar-refractivity contribution is 9.10. The minimum Gasteiger partial charge on any atom is -0.271 e. The molecule has 0 aliphatic rings. The first-order valence-corrected chi connectivity index (χ1v) is 6.55. The van der Waals surface area contributed by atoms with Crippen LogP contribution in [0.25, 0.3) is 0 Å². The fourth-order valence-corrected chi connectivity index (χ4v) is 2.49. The maximum absolute atomic E-state index is 5.71. The van der Waals surface area contributed by atoms with Gasteiger partial charge in [-0.15, -0.1) is 0 Å². The molecular formula is C14H16BrN3. The lowest BCUT2D eigenvalue weighted by molar-refractivity contribution is 0.631. The molecule has 94 valence electrons. The highest BCUT2D eigenvalue weighted by atomic mass is 79.9. The van der Waals surface area contributed by atoms with Gasteiger partial charge in [-0.2, -0.15) is 0 Å². The summed E-state index contributed by atoms with van der Waals surface area (Å²) >= 11 is 3.62. The number of nitrogens with two attached hydrogens (primary N) is 1. The normalized spacial score (nSPS) is 12.4. The Labute approximate surface area is 116 Å². The van der Waals surface area contributed by atoms with Crippen molar-refractivity contribution in [2.75, 3.05) is 0 Å². The van der Waals surface area contributed by atoms with Crippen LogP contribution in [-0.2, 0) is 0 Å². The lowest BCUT2D eigenvalue weighted by atomic mass is 9.98. The van der Waals surface area contributed by atoms with Gasteiger partial charge >= 0.3 is 0 Å². The molecule has 0 saturated heterocycles. The van der Waals surface area contributed by atoms with Crippen molar-refractivity contribution in [3.05, 3.63) is 63.4 Å². The Morgan fingerprint density at radius 2 is 2.06 bits per heavy atom. The van der Waals surface area contributed by atoms with Crippen molar-refractivity contribution in [3.8, 4) is 0 Å². The molecule has 2 rings (SSSR count). The van der Waals surface area contributed by atoms with Crippen LogP contribution in [0.5, 0.6) is 0 Å². The van der Waals surface area contributed by atoms with Crippen molar-refractivity contribution in [3.63, 3.8) is 0 Å². The maximum Gasteiger partial charge on any atom is 0.0736 e. The fraction of sp³-hybridized carbons (Fsp3) is 0.214. The molecular weight excluding hydrogens is 290 g/mol. The van der Waals surface area contributed by atoms with Gasteiger partial charge in [-0.1, -0.05) is 40.2 Å². The minimum atomic E-state index is -0.0633. The van der Waals surface area contributed by atoms with Crippen LogP contribution in [0.3, 0.4) is 0 Å². The summed E-state index contributed by atoms with van der Waals surface area (Å²) in [6.45, 7) is 4.09. The van der Waals surface area contributed by atoms with E-state index in [2.05, 4.69) is 51.5 Å². The van der Waals surface area contributed by atoms with Crippen LogP contribution in [0.15, 0.2) is 41.1 Å². The standard InChI is InChI=1S/C14H16BrN3/c1-9-6-11(8-17-7-9)14(18-16)12-5-3-4-10(2)13(12)15/h3-8,14,18H,16H2,1-2H3. The number of benzene rings is 1. The largest absolute Gasteiger partial charge is 0.271 e. The number of halogens is 1. The maximum atomic E-state index is 5.71. The van der Waals surface area contributed by atoms with E-state index >= 15 is 0 Å². The van der Waals surface area contributed by atoms with E-state index in [9.17, 15) is 0 Å². The Morgan fingerprint density at radius 3 is 2.72 bits per heavy atom. The third kappa shape index (κ3) is 2.61. The number of aromatic nitrogens is 1. The van der Waals surface area contributed by atoms with Gasteiger partial charge < -0.3 is 0 Å². The van der Waals surface area contributed by atoms with Crippen molar-refractivity contribution in [2.45, 2.75) is 19.9 Å². The van der Waals surface area contributed by atoms with E-state index in [1.54, 1.807) is 0 Å². The molecule has 0 aliphatic heterocycles. The first-order chi connectivity index (χ1) is 8.63. The lowest BCUT2D eigenvalue weighted by Gasteiger charge is -2.19. The Balaban J connectivity index is 2.49. The van der Waals surface area contributed by atoms with E-state index in [-0.39, 0.29) is 6.04 Å². The summed E-state index contributed by atoms with van der Waals surface area (Å²) in [5.74, 6) is 5.71. The summed E-state index contributed by atoms with van der Waals surface area (Å²) in [5, 5.41) is 0. The summed E-state index contributed by atoms with van der Waals surface area (Å²) in [5.41, 5.74) is 7.34. The van der Waals surface area contributed by atoms with E-state index in [1.807, 2.05) is 25.4 Å². The smallest absolute Gasteiger partial charge is 0.0736 e. The molecule has 0 spiro atoms. The zero-order chi connectivity index (χ0) is 13.1. The Morgan fingerprint density at radius 1 is 1.28 bits per heavy atom. The molecule has 0 amide bonds. The van der Waals surface area contributed by atoms with Crippen LogP contribution in [0.4, 0.5) is 0 Å². The zero-order valence-corrected chi connectivity index (χ0v) is 12.0. The molecule has 0 bridgehead atoms. The van der Waals surface area contributed by atoms with Crippen LogP contribution in [0, 0.1) is 13.8 Å². The van der Waals surface area contributed by atoms with Crippen molar-refractivity contribution >= 4 is 15.9 Å². The molecule has 2 aromatic rings. The average Bonchev–Trinajstić information content (AvgIpc) is 2.35. The number of nitrogens with one attached hydrogen (secondary N) is 1. The second kappa shape index (κ2) is 5.61. The predicted molar refractivity (Wildman–Crippen MR) is 77.0 cm³/mol. The monoisotopic (exact) mass is 305 g/mol. The average molecular weight is 306 g/mol. The van der Waals surface area contributed by atoms with Crippen molar-refractivity contribution < 1.29 is 0 Å². The molecule has 1 aromatic carbocycles. The minimum absolute atomic E-state index is 0.0633. The van der Waals surface area contributed by atoms with Gasteiger partial charge in [-0.25, -0.2) is 5.43 Å². The predicted octanol–water partition coefficient (Wildman–Crippen LogP) is 3.01. The molecule has 0 fully saturated rings. The van der Waals surface area contributed by atoms with E-state index < -0.39 is 0 Å². The second-order valence-corrected chi connectivity index (χ2v) is 5.17. The van der Waals surface area contributed by atoms with E-state index in [1.165, 1.54) is 5.56 Å². The molecule has 3 N–H and O–H groups in total. The number of pyridine rings is 1. The SMILES string of the molecule is Cc1cncc(C(NN)c2cccc(C)c2Br)c1. The first kappa shape index (κ1) is 13.2. The molecule has 0 aliphatic carbocycles. The van der Waals surface area contributed by atoms with Crippen LogP contribution in [0.2, 0.25) is 0 Å². The molecule has 1 unspecified atom stereocenters. The number of hydrogen-bond donors (Lipinski definition) is 2. The Hall–Kier alpha value is -1.23. The third-order valence-electron chi connectivity index (χ3n) is 2.93. The van der Waals surface area contributed by atoms with Gasteiger partial charge in [0.2, 0.25) is 0 Å². The van der Waals surface area contributed by atoms with Crippen molar-refractivity contribution in [1.29, 1.82) is 0 Å². The van der Waals surface area contributed by atoms with Gasteiger partial charge in [0.25, 0.3) is 0 Å². The molecule has 1 aromatic heterocycles. The highest BCUT2D eigenvalue weighted by Crippen LogP contribution is 2.30. The van der Waals surface area contributed by atoms with Crippen LogP contribution >= 0.6 is 15.9 Å². The van der Waals surface area contributed by atoms with Gasteiger partial charge in [-0.3, -0.25) is 10.8 Å². The quantitative estimate of drug-likeness (QED) is 0.677. The van der Waals surface area contributed by atoms with E-state index in [4.69, 9.17) is 5.84 Å². The number of nitrogens with zero attached hydrogens (tertiary/aromatic N) is 1. The summed E-state index contributed by atoms with van der Waals surface area (Å²) in [4.78, 5) is 4.22. The van der Waals surface area contributed by atoms with Gasteiger partial charge in [-0.05, 0) is 36.1 Å². The van der Waals surface area contributed by atoms with E-state index in [0.717, 1.165) is 21.2 Å². The first-order valence-electron chi connectivity index (χ1n) is 5.76. The number of aryl methyl sites for hydroxylation is 2. The molecule has 18 heavy (non-hydrogen) atoms. The summed E-state index contributed by atoms with van der Waals surface area (Å²) < 4.78 is 1.08. The van der Waals surface area contributed by atoms with E-state index in [0.29, 0.717) is 0 Å². The number of hydrogen-bond acceptors (Lipinski definition) is 3. The van der Waals surface area contributed by atoms with Gasteiger partial charge in [0.1, 0.15) is 0 Å². The summed E-state index contributed by atoms with van der Waals surface area (Å²) in [7, 11) is 0. The molecule has 1 heterocycles.